The number of anilines is 3. The van der Waals surface area contributed by atoms with Crippen LogP contribution in [-0.2, 0) is 13.0 Å². The third kappa shape index (κ3) is 6.94. The Bertz CT molecular complexity index is 1170. The quantitative estimate of drug-likeness (QED) is 0.315. The number of hydrogen-bond donors (Lipinski definition) is 2. The Hall–Kier alpha value is -3.74. The van der Waals surface area contributed by atoms with Crippen LogP contribution in [-0.4, -0.2) is 36.5 Å². The molecule has 0 atom stereocenters. The van der Waals surface area contributed by atoms with Crippen molar-refractivity contribution >= 4 is 29.0 Å². The van der Waals surface area contributed by atoms with Crippen LogP contribution in [0.3, 0.4) is 0 Å². The third-order valence-corrected chi connectivity index (χ3v) is 6.82. The molecule has 0 unspecified atom stereocenters. The zero-order valence-corrected chi connectivity index (χ0v) is 22.0. The van der Waals surface area contributed by atoms with E-state index in [9.17, 15) is 9.59 Å². The van der Waals surface area contributed by atoms with Crippen molar-refractivity contribution in [3.05, 3.63) is 77.7 Å². The molecule has 0 spiro atoms. The molecule has 196 valence electrons. The molecule has 0 radical (unpaired) electrons. The highest BCUT2D eigenvalue weighted by Gasteiger charge is 2.24. The van der Waals surface area contributed by atoms with Gasteiger partial charge in [-0.05, 0) is 74.1 Å². The van der Waals surface area contributed by atoms with Gasteiger partial charge in [0.05, 0.1) is 24.1 Å². The summed E-state index contributed by atoms with van der Waals surface area (Å²) in [6, 6.07) is 16.9. The number of nitrogens with zero attached hydrogens (tertiary/aromatic N) is 2. The maximum Gasteiger partial charge on any atom is 0.323 e. The molecule has 0 saturated carbocycles. The summed E-state index contributed by atoms with van der Waals surface area (Å²) in [6.45, 7) is 7.12. The van der Waals surface area contributed by atoms with Crippen LogP contribution >= 0.6 is 0 Å². The summed E-state index contributed by atoms with van der Waals surface area (Å²) in [4.78, 5) is 30.8. The number of piperidine rings is 1. The Kier molecular flexibility index (Phi) is 9.24. The van der Waals surface area contributed by atoms with Crippen LogP contribution in [0.15, 0.2) is 65.3 Å². The standard InChI is InChI=1S/C30H38N4O3/c1-3-5-17-34(22-25-13-11-20-37-25)28-16-15-24(21-26(28)29(35)33-18-9-6-10-19-33)31-30(36)32-27-14-8-7-12-23(27)4-2/h7-8,11-16,20-21H,3-6,9-10,17-19,22H2,1-2H3,(H2,31,32,36). The smallest absolute Gasteiger partial charge is 0.323 e. The molecule has 0 bridgehead atoms. The van der Waals surface area contributed by atoms with Crippen LogP contribution in [0.1, 0.15) is 67.6 Å². The number of hydrogen-bond acceptors (Lipinski definition) is 4. The zero-order valence-electron chi connectivity index (χ0n) is 22.0. The zero-order chi connectivity index (χ0) is 26.0. The average molecular weight is 503 g/mol. The van der Waals surface area contributed by atoms with E-state index in [4.69, 9.17) is 4.42 Å². The van der Waals surface area contributed by atoms with Gasteiger partial charge in [-0.3, -0.25) is 4.79 Å². The average Bonchev–Trinajstić information content (AvgIpc) is 3.44. The SMILES string of the molecule is CCCCN(Cc1ccco1)c1ccc(NC(=O)Nc2ccccc2CC)cc1C(=O)N1CCCCC1. The number of likely N-dealkylation sites (tertiary alicyclic amines) is 1. The van der Waals surface area contributed by atoms with Crippen molar-refractivity contribution in [1.29, 1.82) is 0 Å². The second kappa shape index (κ2) is 13.0. The maximum atomic E-state index is 13.8. The molecule has 3 amide bonds. The second-order valence-electron chi connectivity index (χ2n) is 9.53. The lowest BCUT2D eigenvalue weighted by Gasteiger charge is -2.31. The molecule has 1 saturated heterocycles. The highest BCUT2D eigenvalue weighted by molar-refractivity contribution is 6.04. The van der Waals surface area contributed by atoms with Gasteiger partial charge < -0.3 is 24.9 Å². The first-order chi connectivity index (χ1) is 18.1. The lowest BCUT2D eigenvalue weighted by molar-refractivity contribution is 0.0725. The van der Waals surface area contributed by atoms with E-state index in [1.165, 1.54) is 0 Å². The van der Waals surface area contributed by atoms with E-state index in [0.717, 1.165) is 80.9 Å². The molecule has 7 heteroatoms. The van der Waals surface area contributed by atoms with Gasteiger partial charge in [0, 0.05) is 31.0 Å². The van der Waals surface area contributed by atoms with Crippen LogP contribution in [0.5, 0.6) is 0 Å². The number of carbonyl (C=O) groups is 2. The van der Waals surface area contributed by atoms with Crippen molar-refractivity contribution < 1.29 is 14.0 Å². The van der Waals surface area contributed by atoms with Crippen LogP contribution in [0.4, 0.5) is 21.9 Å². The van der Waals surface area contributed by atoms with E-state index in [1.54, 1.807) is 6.26 Å². The van der Waals surface area contributed by atoms with E-state index in [1.807, 2.05) is 59.5 Å². The van der Waals surface area contributed by atoms with Crippen LogP contribution < -0.4 is 15.5 Å². The van der Waals surface area contributed by atoms with Gasteiger partial charge in [0.2, 0.25) is 0 Å². The van der Waals surface area contributed by atoms with E-state index in [0.29, 0.717) is 17.8 Å². The molecule has 1 fully saturated rings. The highest BCUT2D eigenvalue weighted by atomic mass is 16.3. The topological polar surface area (TPSA) is 77.8 Å². The minimum atomic E-state index is -0.330. The van der Waals surface area contributed by atoms with Crippen LogP contribution in [0.25, 0.3) is 0 Å². The molecule has 7 nitrogen and oxygen atoms in total. The summed E-state index contributed by atoms with van der Waals surface area (Å²) in [5.41, 5.74) is 3.91. The van der Waals surface area contributed by atoms with E-state index >= 15 is 0 Å². The Morgan fingerprint density at radius 1 is 0.973 bits per heavy atom. The number of nitrogens with one attached hydrogen (secondary N) is 2. The van der Waals surface area contributed by atoms with E-state index in [2.05, 4.69) is 29.4 Å². The molecular weight excluding hydrogens is 464 g/mol. The summed E-state index contributed by atoms with van der Waals surface area (Å²) in [7, 11) is 0. The van der Waals surface area contributed by atoms with Crippen molar-refractivity contribution in [3.8, 4) is 0 Å². The maximum absolute atomic E-state index is 13.8. The van der Waals surface area contributed by atoms with Gasteiger partial charge in [-0.2, -0.15) is 0 Å². The number of furan rings is 1. The summed E-state index contributed by atoms with van der Waals surface area (Å²) in [5.74, 6) is 0.861. The van der Waals surface area contributed by atoms with Crippen LogP contribution in [0.2, 0.25) is 0 Å². The molecule has 4 rings (SSSR count). The molecule has 2 N–H and O–H groups in total. The van der Waals surface area contributed by atoms with Crippen molar-refractivity contribution in [3.63, 3.8) is 0 Å². The fourth-order valence-corrected chi connectivity index (χ4v) is 4.79. The van der Waals surface area contributed by atoms with Gasteiger partial charge in [-0.1, -0.05) is 38.5 Å². The van der Waals surface area contributed by atoms with Crippen LogP contribution in [0, 0.1) is 0 Å². The summed E-state index contributed by atoms with van der Waals surface area (Å²) in [5, 5.41) is 5.89. The minimum Gasteiger partial charge on any atom is -0.467 e. The minimum absolute atomic E-state index is 0.0102. The fraction of sp³-hybridized carbons (Fsp3) is 0.400. The van der Waals surface area contributed by atoms with Crippen molar-refractivity contribution in [2.24, 2.45) is 0 Å². The molecule has 1 aromatic heterocycles. The molecule has 1 aliphatic rings. The van der Waals surface area contributed by atoms with Gasteiger partial charge >= 0.3 is 6.03 Å². The Labute approximate surface area is 219 Å². The normalized spacial score (nSPS) is 13.3. The fourth-order valence-electron chi connectivity index (χ4n) is 4.79. The van der Waals surface area contributed by atoms with Gasteiger partial charge in [0.25, 0.3) is 5.91 Å². The summed E-state index contributed by atoms with van der Waals surface area (Å²) >= 11 is 0. The lowest BCUT2D eigenvalue weighted by atomic mass is 10.1. The molecule has 1 aliphatic heterocycles. The number of rotatable bonds is 10. The largest absolute Gasteiger partial charge is 0.467 e. The van der Waals surface area contributed by atoms with Gasteiger partial charge in [0.15, 0.2) is 0 Å². The number of benzene rings is 2. The summed E-state index contributed by atoms with van der Waals surface area (Å²) < 4.78 is 5.63. The molecule has 2 aromatic carbocycles. The number of aryl methyl sites for hydroxylation is 1. The predicted octanol–water partition coefficient (Wildman–Crippen LogP) is 6.92. The van der Waals surface area contributed by atoms with E-state index < -0.39 is 0 Å². The number of para-hydroxylation sites is 1. The van der Waals surface area contributed by atoms with E-state index in [-0.39, 0.29) is 11.9 Å². The predicted molar refractivity (Wildman–Crippen MR) is 149 cm³/mol. The van der Waals surface area contributed by atoms with Gasteiger partial charge in [-0.15, -0.1) is 0 Å². The monoisotopic (exact) mass is 502 g/mol. The molecule has 0 aliphatic carbocycles. The van der Waals surface area contributed by atoms with Crippen molar-refractivity contribution in [2.45, 2.75) is 58.9 Å². The first-order valence-electron chi connectivity index (χ1n) is 13.5. The number of amides is 3. The first kappa shape index (κ1) is 26.3. The Morgan fingerprint density at radius 2 is 1.78 bits per heavy atom. The number of unbranched alkanes of at least 4 members (excludes halogenated alkanes) is 1. The molecule has 37 heavy (non-hydrogen) atoms. The number of carbonyl (C=O) groups excluding carboxylic acids is 2. The van der Waals surface area contributed by atoms with Crippen molar-refractivity contribution in [1.82, 2.24) is 4.90 Å². The van der Waals surface area contributed by atoms with Gasteiger partial charge in [0.1, 0.15) is 5.76 Å². The molecule has 3 aromatic rings. The molecule has 2 heterocycles. The lowest BCUT2D eigenvalue weighted by Crippen LogP contribution is -2.37. The number of urea groups is 1. The third-order valence-electron chi connectivity index (χ3n) is 6.82. The summed E-state index contributed by atoms with van der Waals surface area (Å²) in [6.07, 6.45) is 7.73. The second-order valence-corrected chi connectivity index (χ2v) is 9.53. The Balaban J connectivity index is 1.62. The first-order valence-corrected chi connectivity index (χ1v) is 13.5. The Morgan fingerprint density at radius 3 is 2.51 bits per heavy atom. The highest BCUT2D eigenvalue weighted by Crippen LogP contribution is 2.29. The molecular formula is C30H38N4O3. The van der Waals surface area contributed by atoms with Gasteiger partial charge in [-0.25, -0.2) is 4.79 Å². The van der Waals surface area contributed by atoms with Crippen molar-refractivity contribution in [2.75, 3.05) is 35.2 Å².